The summed E-state index contributed by atoms with van der Waals surface area (Å²) in [5.74, 6) is -0.386. The molecule has 0 saturated heterocycles. The van der Waals surface area contributed by atoms with E-state index in [9.17, 15) is 9.59 Å². The van der Waals surface area contributed by atoms with Crippen LogP contribution in [0.2, 0.25) is 10.0 Å². The van der Waals surface area contributed by atoms with E-state index in [1.54, 1.807) is 18.2 Å². The van der Waals surface area contributed by atoms with E-state index >= 15 is 0 Å². The van der Waals surface area contributed by atoms with Crippen LogP contribution in [0.4, 0.5) is 11.4 Å². The largest absolute Gasteiger partial charge is 0.396 e. The van der Waals surface area contributed by atoms with Crippen LogP contribution in [0.1, 0.15) is 17.3 Å². The van der Waals surface area contributed by atoms with Crippen LogP contribution in [0.15, 0.2) is 35.1 Å². The maximum absolute atomic E-state index is 12.5. The minimum absolute atomic E-state index is 0.199. The highest BCUT2D eigenvalue weighted by Crippen LogP contribution is 2.31. The fraction of sp³-hybridized carbons (Fsp3) is 0.118. The molecular formula is C17H14Cl2N4O2S. The van der Waals surface area contributed by atoms with Crippen LogP contribution in [-0.4, -0.2) is 15.5 Å². The zero-order valence-corrected chi connectivity index (χ0v) is 15.9. The lowest BCUT2D eigenvalue weighted by Crippen LogP contribution is -2.21. The number of benzene rings is 2. The molecule has 0 atom stereocenters. The fourth-order valence-corrected chi connectivity index (χ4v) is 3.35. The van der Waals surface area contributed by atoms with Crippen LogP contribution in [0.25, 0.3) is 10.9 Å². The Balaban J connectivity index is 1.99. The van der Waals surface area contributed by atoms with Crippen molar-refractivity contribution in [2.75, 3.05) is 11.1 Å². The second-order valence-corrected chi connectivity index (χ2v) is 6.75. The SMILES string of the molecule is CCn1c(=S)[nH]c2cc(C(=O)Nc3cc(Cl)c(N)c(Cl)c3)ccc2c1=O. The molecule has 0 unspecified atom stereocenters. The first-order chi connectivity index (χ1) is 12.3. The quantitative estimate of drug-likeness (QED) is 0.446. The number of nitrogens with one attached hydrogen (secondary N) is 2. The van der Waals surface area contributed by atoms with Crippen molar-refractivity contribution in [1.29, 1.82) is 0 Å². The number of nitrogens with two attached hydrogens (primary N) is 1. The Hall–Kier alpha value is -2.35. The van der Waals surface area contributed by atoms with Gasteiger partial charge in [-0.05, 0) is 49.5 Å². The van der Waals surface area contributed by atoms with Gasteiger partial charge in [0.15, 0.2) is 4.77 Å². The first-order valence-corrected chi connectivity index (χ1v) is 8.81. The number of amides is 1. The maximum atomic E-state index is 12.5. The Kier molecular flexibility index (Phi) is 5.04. The minimum atomic E-state index is -0.386. The number of hydrogen-bond donors (Lipinski definition) is 3. The lowest BCUT2D eigenvalue weighted by molar-refractivity contribution is 0.102. The number of anilines is 2. The lowest BCUT2D eigenvalue weighted by atomic mass is 10.1. The number of rotatable bonds is 3. The Morgan fingerprint density at radius 1 is 1.27 bits per heavy atom. The van der Waals surface area contributed by atoms with Crippen molar-refractivity contribution in [3.63, 3.8) is 0 Å². The molecule has 0 spiro atoms. The summed E-state index contributed by atoms with van der Waals surface area (Å²) in [5, 5.41) is 3.64. The molecular weight excluding hydrogens is 395 g/mol. The van der Waals surface area contributed by atoms with Crippen molar-refractivity contribution in [2.24, 2.45) is 0 Å². The Morgan fingerprint density at radius 3 is 2.54 bits per heavy atom. The second kappa shape index (κ2) is 7.11. The molecule has 2 aromatic carbocycles. The zero-order valence-electron chi connectivity index (χ0n) is 13.6. The number of halogens is 2. The van der Waals surface area contributed by atoms with Crippen molar-refractivity contribution >= 4 is 63.6 Å². The number of hydrogen-bond acceptors (Lipinski definition) is 4. The number of fused-ring (bicyclic) bond motifs is 1. The van der Waals surface area contributed by atoms with E-state index in [0.29, 0.717) is 33.5 Å². The number of carbonyl (C=O) groups is 1. The number of nitrogens with zero attached hydrogens (tertiary/aromatic N) is 1. The van der Waals surface area contributed by atoms with E-state index in [0.717, 1.165) is 0 Å². The average molecular weight is 409 g/mol. The van der Waals surface area contributed by atoms with Gasteiger partial charge >= 0.3 is 0 Å². The highest BCUT2D eigenvalue weighted by atomic mass is 35.5. The van der Waals surface area contributed by atoms with Gasteiger partial charge in [0, 0.05) is 17.8 Å². The van der Waals surface area contributed by atoms with Gasteiger partial charge in [0.1, 0.15) is 0 Å². The highest BCUT2D eigenvalue weighted by molar-refractivity contribution is 7.71. The normalized spacial score (nSPS) is 10.9. The standard InChI is InChI=1S/C17H14Cl2N4O2S/c1-2-23-16(25)10-4-3-8(5-13(10)22-17(23)26)15(24)21-9-6-11(18)14(20)12(19)7-9/h3-7H,2,20H2,1H3,(H,21,24)(H,22,26). The molecule has 1 amide bonds. The summed E-state index contributed by atoms with van der Waals surface area (Å²) in [7, 11) is 0. The van der Waals surface area contributed by atoms with Gasteiger partial charge in [-0.3, -0.25) is 14.2 Å². The minimum Gasteiger partial charge on any atom is -0.396 e. The van der Waals surface area contributed by atoms with Crippen LogP contribution in [0.3, 0.4) is 0 Å². The number of nitrogen functional groups attached to an aromatic ring is 1. The molecule has 6 nitrogen and oxygen atoms in total. The summed E-state index contributed by atoms with van der Waals surface area (Å²) in [5.41, 5.74) is 6.98. The number of H-pyrrole nitrogens is 1. The van der Waals surface area contributed by atoms with Crippen molar-refractivity contribution in [3.05, 3.63) is 61.1 Å². The first kappa shape index (κ1) is 18.4. The molecule has 0 aliphatic heterocycles. The van der Waals surface area contributed by atoms with E-state index in [-0.39, 0.29) is 27.2 Å². The molecule has 4 N–H and O–H groups in total. The first-order valence-electron chi connectivity index (χ1n) is 7.64. The molecule has 0 bridgehead atoms. The van der Waals surface area contributed by atoms with Crippen molar-refractivity contribution in [3.8, 4) is 0 Å². The van der Waals surface area contributed by atoms with Gasteiger partial charge in [0.2, 0.25) is 0 Å². The number of carbonyl (C=O) groups excluding carboxylic acids is 1. The van der Waals surface area contributed by atoms with E-state index < -0.39 is 0 Å². The van der Waals surface area contributed by atoms with Crippen LogP contribution in [0, 0.1) is 4.77 Å². The number of aromatic amines is 1. The summed E-state index contributed by atoms with van der Waals surface area (Å²) in [6.07, 6.45) is 0. The Morgan fingerprint density at radius 2 is 1.92 bits per heavy atom. The third kappa shape index (κ3) is 3.33. The van der Waals surface area contributed by atoms with Crippen LogP contribution in [-0.2, 0) is 6.54 Å². The molecule has 1 heterocycles. The molecule has 1 aromatic heterocycles. The summed E-state index contributed by atoms with van der Waals surface area (Å²) in [6, 6.07) is 7.75. The average Bonchev–Trinajstić information content (AvgIpc) is 2.59. The summed E-state index contributed by atoms with van der Waals surface area (Å²) < 4.78 is 1.76. The van der Waals surface area contributed by atoms with E-state index in [4.69, 9.17) is 41.2 Å². The molecule has 0 aliphatic carbocycles. The van der Waals surface area contributed by atoms with Crippen molar-refractivity contribution in [1.82, 2.24) is 9.55 Å². The topological polar surface area (TPSA) is 92.9 Å². The van der Waals surface area contributed by atoms with Gasteiger partial charge in [-0.2, -0.15) is 0 Å². The van der Waals surface area contributed by atoms with Gasteiger partial charge in [0.05, 0.1) is 26.6 Å². The van der Waals surface area contributed by atoms with Crippen LogP contribution in [0.5, 0.6) is 0 Å². The third-order valence-corrected chi connectivity index (χ3v) is 4.85. The van der Waals surface area contributed by atoms with E-state index in [1.807, 2.05) is 6.92 Å². The molecule has 0 aliphatic rings. The van der Waals surface area contributed by atoms with Crippen LogP contribution < -0.4 is 16.6 Å². The molecule has 26 heavy (non-hydrogen) atoms. The number of aromatic nitrogens is 2. The molecule has 3 rings (SSSR count). The van der Waals surface area contributed by atoms with Crippen molar-refractivity contribution in [2.45, 2.75) is 13.5 Å². The second-order valence-electron chi connectivity index (χ2n) is 5.55. The van der Waals surface area contributed by atoms with E-state index in [1.165, 1.54) is 16.7 Å². The van der Waals surface area contributed by atoms with Gasteiger partial charge in [-0.25, -0.2) is 0 Å². The predicted molar refractivity (Wildman–Crippen MR) is 108 cm³/mol. The molecule has 9 heteroatoms. The summed E-state index contributed by atoms with van der Waals surface area (Å²) in [4.78, 5) is 27.9. The fourth-order valence-electron chi connectivity index (χ4n) is 2.54. The Labute approximate surface area is 163 Å². The van der Waals surface area contributed by atoms with Crippen LogP contribution >= 0.6 is 35.4 Å². The monoisotopic (exact) mass is 408 g/mol. The lowest BCUT2D eigenvalue weighted by Gasteiger charge is -2.10. The molecule has 3 aromatic rings. The zero-order chi connectivity index (χ0) is 19.0. The predicted octanol–water partition coefficient (Wildman–Crippen LogP) is 4.22. The smallest absolute Gasteiger partial charge is 0.262 e. The summed E-state index contributed by atoms with van der Waals surface area (Å²) >= 11 is 17.1. The maximum Gasteiger partial charge on any atom is 0.262 e. The van der Waals surface area contributed by atoms with Gasteiger partial charge in [-0.1, -0.05) is 23.2 Å². The molecule has 134 valence electrons. The summed E-state index contributed by atoms with van der Waals surface area (Å²) in [6.45, 7) is 2.30. The van der Waals surface area contributed by atoms with Gasteiger partial charge in [-0.15, -0.1) is 0 Å². The molecule has 0 radical (unpaired) electrons. The molecule has 0 saturated carbocycles. The van der Waals surface area contributed by atoms with E-state index in [2.05, 4.69) is 10.3 Å². The van der Waals surface area contributed by atoms with Gasteiger partial charge < -0.3 is 16.0 Å². The highest BCUT2D eigenvalue weighted by Gasteiger charge is 2.12. The third-order valence-electron chi connectivity index (χ3n) is 3.90. The van der Waals surface area contributed by atoms with Gasteiger partial charge in [0.25, 0.3) is 11.5 Å². The van der Waals surface area contributed by atoms with Crippen molar-refractivity contribution < 1.29 is 4.79 Å². The Bertz CT molecular complexity index is 1130. The molecule has 0 fully saturated rings.